The molecule has 4 aromatic rings. The Morgan fingerprint density at radius 3 is 0.653 bits per heavy atom. The van der Waals surface area contributed by atoms with Crippen LogP contribution in [-0.2, 0) is 23.7 Å². The van der Waals surface area contributed by atoms with Gasteiger partial charge in [-0.15, -0.1) is 0 Å². The molecule has 1 aliphatic rings. The monoisotopic (exact) mass is 1040 g/mol. The zero-order valence-corrected chi connectivity index (χ0v) is 46.4. The van der Waals surface area contributed by atoms with Crippen LogP contribution in [0.3, 0.4) is 0 Å². The molecule has 0 saturated heterocycles. The van der Waals surface area contributed by atoms with Crippen LogP contribution in [0.1, 0.15) is 200 Å². The van der Waals surface area contributed by atoms with Crippen molar-refractivity contribution >= 4 is 30.8 Å². The van der Waals surface area contributed by atoms with E-state index in [2.05, 4.69) is 0 Å². The summed E-state index contributed by atoms with van der Waals surface area (Å²) >= 11 is 0. The van der Waals surface area contributed by atoms with Crippen LogP contribution in [0.2, 0.25) is 0 Å². The number of benzene rings is 4. The minimum Gasteiger partial charge on any atom is -0.508 e. The van der Waals surface area contributed by atoms with E-state index in [1.807, 2.05) is 0 Å². The fourth-order valence-electron chi connectivity index (χ4n) is 8.05. The van der Waals surface area contributed by atoms with Gasteiger partial charge < -0.3 is 62.7 Å². The van der Waals surface area contributed by atoms with Crippen molar-refractivity contribution in [3.05, 3.63) is 93.0 Å². The van der Waals surface area contributed by atoms with Gasteiger partial charge in [-0.1, -0.05) is 27.7 Å². The van der Waals surface area contributed by atoms with E-state index in [1.54, 1.807) is 156 Å². The summed E-state index contributed by atoms with van der Waals surface area (Å²) in [6.45, 7) is 31.4. The van der Waals surface area contributed by atoms with Crippen LogP contribution in [0.4, 0.5) is 24.0 Å². The van der Waals surface area contributed by atoms with Crippen molar-refractivity contribution in [2.75, 3.05) is 0 Å². The molecule has 0 fully saturated rings. The van der Waals surface area contributed by atoms with E-state index in [-0.39, 0.29) is 84.8 Å². The van der Waals surface area contributed by atoms with E-state index in [9.17, 15) is 39.3 Å². The van der Waals surface area contributed by atoms with Gasteiger partial charge in [-0.25, -0.2) is 24.0 Å². The molecule has 0 spiro atoms. The number of aromatic hydroxyl groups is 3. The first-order valence-corrected chi connectivity index (χ1v) is 24.5. The molecule has 18 nitrogen and oxygen atoms in total. The highest BCUT2D eigenvalue weighted by Crippen LogP contribution is 2.51. The van der Waals surface area contributed by atoms with Crippen LogP contribution < -0.4 is 23.7 Å². The third-order valence-electron chi connectivity index (χ3n) is 11.3. The quantitative estimate of drug-likeness (QED) is 0.0956. The van der Waals surface area contributed by atoms with Gasteiger partial charge in [-0.2, -0.15) is 0 Å². The molecule has 0 amide bonds. The number of phenolic OH excluding ortho intramolecular Hbond substituents is 3. The number of phenols is 3. The summed E-state index contributed by atoms with van der Waals surface area (Å²) in [6.07, 6.45) is -5.59. The first kappa shape index (κ1) is 58.5. The maximum Gasteiger partial charge on any atom is 0.514 e. The van der Waals surface area contributed by atoms with Gasteiger partial charge in [-0.3, -0.25) is 0 Å². The molecule has 75 heavy (non-hydrogen) atoms. The lowest BCUT2D eigenvalue weighted by Gasteiger charge is -2.28. The Morgan fingerprint density at radius 1 is 0.293 bits per heavy atom. The third-order valence-corrected chi connectivity index (χ3v) is 11.3. The number of fused-ring (bicyclic) bond motifs is 8. The molecule has 0 radical (unpaired) electrons. The summed E-state index contributed by atoms with van der Waals surface area (Å²) in [4.78, 5) is 67.6. The van der Waals surface area contributed by atoms with E-state index in [0.717, 1.165) is 0 Å². The van der Waals surface area contributed by atoms with Crippen molar-refractivity contribution in [1.29, 1.82) is 0 Å². The highest BCUT2D eigenvalue weighted by molar-refractivity contribution is 5.73. The third kappa shape index (κ3) is 15.6. The van der Waals surface area contributed by atoms with E-state index in [0.29, 0.717) is 0 Å². The highest BCUT2D eigenvalue weighted by atomic mass is 16.8. The predicted molar refractivity (Wildman–Crippen MR) is 275 cm³/mol. The van der Waals surface area contributed by atoms with Crippen molar-refractivity contribution in [1.82, 2.24) is 0 Å². The number of hydrogen-bond donors (Lipinski definition) is 3. The number of carbonyl (C=O) groups excluding carboxylic acids is 5. The van der Waals surface area contributed by atoms with Gasteiger partial charge in [0.25, 0.3) is 0 Å². The zero-order valence-electron chi connectivity index (χ0n) is 46.4. The standard InChI is InChI=1S/C57H72O18/c1-28-32-20-35(43(24-40(32)58)66-48(61)71-53(5,6)7)30(3)37-22-34(42(60)26-45(37)68-50(63)73-55(11,12)13)29(2)38-23-39(31(4)36-21-33(28)41(59)25-44(36)67-49(62)72-54(8,9)10)47(70-52(65)75-57(17,18)19)27-46(38)69-51(64)74-56(14,15)16/h20-31,58-60H,1-19H3. The van der Waals surface area contributed by atoms with Gasteiger partial charge in [0.1, 0.15) is 74.0 Å². The lowest BCUT2D eigenvalue weighted by atomic mass is 9.80. The van der Waals surface area contributed by atoms with Gasteiger partial charge >= 0.3 is 30.8 Å². The van der Waals surface area contributed by atoms with Crippen molar-refractivity contribution in [2.24, 2.45) is 0 Å². The van der Waals surface area contributed by atoms with E-state index >= 15 is 0 Å². The highest BCUT2D eigenvalue weighted by Gasteiger charge is 2.35. The Morgan fingerprint density at radius 2 is 0.453 bits per heavy atom. The molecule has 0 aliphatic heterocycles. The second-order valence-electron chi connectivity index (χ2n) is 23.5. The molecule has 8 bridgehead atoms. The van der Waals surface area contributed by atoms with Crippen LogP contribution in [0.25, 0.3) is 0 Å². The molecule has 408 valence electrons. The average molecular weight is 1050 g/mol. The summed E-state index contributed by atoms with van der Waals surface area (Å²) < 4.78 is 57.1. The molecular formula is C57H72O18. The Balaban J connectivity index is 1.98. The maximum atomic E-state index is 13.6. The topological polar surface area (TPSA) is 238 Å². The van der Waals surface area contributed by atoms with E-state index < -0.39 is 88.2 Å². The Kier molecular flexibility index (Phi) is 16.7. The van der Waals surface area contributed by atoms with E-state index in [4.69, 9.17) is 47.4 Å². The Bertz CT molecular complexity index is 2810. The molecule has 3 N–H and O–H groups in total. The molecular weight excluding hydrogens is 973 g/mol. The Hall–Kier alpha value is -7.37. The fraction of sp³-hybridized carbons (Fsp3) is 0.491. The van der Waals surface area contributed by atoms with Crippen LogP contribution >= 0.6 is 0 Å². The smallest absolute Gasteiger partial charge is 0.508 e. The molecule has 5 rings (SSSR count). The molecule has 0 aromatic heterocycles. The van der Waals surface area contributed by atoms with Crippen molar-refractivity contribution < 1.29 is 86.7 Å². The summed E-state index contributed by atoms with van der Waals surface area (Å²) in [7, 11) is 0. The number of rotatable bonds is 5. The molecule has 1 aliphatic carbocycles. The normalized spacial score (nSPS) is 16.9. The lowest BCUT2D eigenvalue weighted by molar-refractivity contribution is 0.0180. The average Bonchev–Trinajstić information content (AvgIpc) is 3.19. The van der Waals surface area contributed by atoms with Gasteiger partial charge in [-0.05, 0) is 128 Å². The fourth-order valence-corrected chi connectivity index (χ4v) is 8.05. The second-order valence-corrected chi connectivity index (χ2v) is 23.5. The van der Waals surface area contributed by atoms with E-state index in [1.165, 1.54) is 24.3 Å². The number of hydrogen-bond acceptors (Lipinski definition) is 18. The van der Waals surface area contributed by atoms with Gasteiger partial charge in [0.2, 0.25) is 0 Å². The summed E-state index contributed by atoms with van der Waals surface area (Å²) in [5.74, 6) is -5.80. The first-order valence-electron chi connectivity index (χ1n) is 24.5. The first-order chi connectivity index (χ1) is 34.2. The molecule has 0 saturated carbocycles. The minimum atomic E-state index is -1.13. The summed E-state index contributed by atoms with van der Waals surface area (Å²) in [6, 6.07) is 11.2. The van der Waals surface area contributed by atoms with Gasteiger partial charge in [0.05, 0.1) is 0 Å². The van der Waals surface area contributed by atoms with Gasteiger partial charge in [0, 0.05) is 92.4 Å². The molecule has 18 heteroatoms. The SMILES string of the molecule is CC1c2cc(c(OC(=O)OC(C)(C)C)cc2O)C(C)c2cc(c(O)cc2OC(=O)OC(C)(C)C)C(C)c2cc(c(OC(=O)OC(C)(C)C)cc2OC(=O)OC(C)(C)C)C(C)c2cc1c(O)cc2OC(=O)OC(C)(C)C. The molecule has 4 aromatic carbocycles. The zero-order chi connectivity index (χ0) is 56.7. The van der Waals surface area contributed by atoms with Crippen LogP contribution in [0.15, 0.2) is 48.5 Å². The largest absolute Gasteiger partial charge is 0.514 e. The number of carbonyl (C=O) groups is 5. The van der Waals surface area contributed by atoms with Crippen LogP contribution in [-0.4, -0.2) is 74.1 Å². The predicted octanol–water partition coefficient (Wildman–Crippen LogP) is 14.3. The lowest BCUT2D eigenvalue weighted by Crippen LogP contribution is -2.27. The van der Waals surface area contributed by atoms with Gasteiger partial charge in [0.15, 0.2) is 0 Å². The van der Waals surface area contributed by atoms with Crippen LogP contribution in [0, 0.1) is 0 Å². The number of ether oxygens (including phenoxy) is 10. The molecule has 4 unspecified atom stereocenters. The minimum absolute atomic E-state index is 0.157. The van der Waals surface area contributed by atoms with Crippen molar-refractivity contribution in [3.8, 4) is 46.0 Å². The van der Waals surface area contributed by atoms with Crippen molar-refractivity contribution in [2.45, 2.75) is 183 Å². The van der Waals surface area contributed by atoms with Crippen LogP contribution in [0.5, 0.6) is 46.0 Å². The maximum absolute atomic E-state index is 13.6. The molecule has 4 atom stereocenters. The Labute approximate surface area is 438 Å². The summed E-state index contributed by atoms with van der Waals surface area (Å²) in [5, 5.41) is 35.9. The van der Waals surface area contributed by atoms with Crippen molar-refractivity contribution in [3.63, 3.8) is 0 Å². The summed E-state index contributed by atoms with van der Waals surface area (Å²) in [5.41, 5.74) is -3.31. The second kappa shape index (κ2) is 21.5. The molecule has 0 heterocycles.